The van der Waals surface area contributed by atoms with Crippen LogP contribution in [0.5, 0.6) is 0 Å². The molecule has 2 heterocycles. The predicted octanol–water partition coefficient (Wildman–Crippen LogP) is -0.0367. The molecule has 2 N–H and O–H groups in total. The van der Waals surface area contributed by atoms with Crippen molar-refractivity contribution in [3.63, 3.8) is 0 Å². The maximum Gasteiger partial charge on any atom is 0.246 e. The largest absolute Gasteiger partial charge is 0.360 e. The third-order valence-electron chi connectivity index (χ3n) is 2.34. The summed E-state index contributed by atoms with van der Waals surface area (Å²) in [4.78, 5) is 0.161. The minimum absolute atomic E-state index is 0. The number of sulfonamides is 1. The second kappa shape index (κ2) is 4.70. The minimum atomic E-state index is -3.48. The van der Waals surface area contributed by atoms with E-state index in [9.17, 15) is 8.42 Å². The van der Waals surface area contributed by atoms with Gasteiger partial charge in [0.1, 0.15) is 10.6 Å². The maximum absolute atomic E-state index is 11.9. The number of aromatic nitrogens is 1. The first kappa shape index (κ1) is 13.4. The number of halogens is 1. The minimum Gasteiger partial charge on any atom is -0.360 e. The van der Waals surface area contributed by atoms with Crippen molar-refractivity contribution in [3.05, 3.63) is 11.5 Å². The number of nitrogens with one attached hydrogen (secondary N) is 2. The van der Waals surface area contributed by atoms with E-state index in [2.05, 4.69) is 15.2 Å². The number of hydrogen-bond donors (Lipinski definition) is 2. The molecule has 0 amide bonds. The van der Waals surface area contributed by atoms with Gasteiger partial charge in [-0.15, -0.1) is 12.4 Å². The van der Waals surface area contributed by atoms with E-state index in [0.29, 0.717) is 24.5 Å². The molecule has 1 aliphatic heterocycles. The first-order chi connectivity index (χ1) is 7.00. The molecule has 1 aromatic rings. The quantitative estimate of drug-likeness (QED) is 0.803. The topological polar surface area (TPSA) is 84.2 Å². The number of rotatable bonds is 3. The molecule has 0 unspecified atom stereocenters. The van der Waals surface area contributed by atoms with Crippen LogP contribution in [0.3, 0.4) is 0 Å². The Morgan fingerprint density at radius 3 is 2.44 bits per heavy atom. The fourth-order valence-corrected chi connectivity index (χ4v) is 3.07. The summed E-state index contributed by atoms with van der Waals surface area (Å²) in [5.41, 5.74) is 0.396. The molecule has 1 aliphatic rings. The average Bonchev–Trinajstić information content (AvgIpc) is 2.40. The molecular weight excluding hydrogens is 254 g/mol. The first-order valence-corrected chi connectivity index (χ1v) is 6.15. The molecular formula is C8H14ClN3O3S. The summed E-state index contributed by atoms with van der Waals surface area (Å²) in [6.45, 7) is 4.54. The molecule has 0 saturated carbocycles. The molecule has 1 saturated heterocycles. The van der Waals surface area contributed by atoms with Crippen molar-refractivity contribution in [2.75, 3.05) is 13.1 Å². The molecule has 0 aromatic carbocycles. The van der Waals surface area contributed by atoms with E-state index in [1.165, 1.54) is 0 Å². The summed E-state index contributed by atoms with van der Waals surface area (Å²) < 4.78 is 31.2. The highest BCUT2D eigenvalue weighted by atomic mass is 35.5. The lowest BCUT2D eigenvalue weighted by atomic mass is 10.2. The average molecular weight is 268 g/mol. The van der Waals surface area contributed by atoms with Crippen LogP contribution >= 0.6 is 12.4 Å². The lowest BCUT2D eigenvalue weighted by Gasteiger charge is -2.27. The van der Waals surface area contributed by atoms with Crippen molar-refractivity contribution < 1.29 is 12.9 Å². The zero-order valence-corrected chi connectivity index (χ0v) is 10.6. The zero-order chi connectivity index (χ0) is 11.1. The third kappa shape index (κ3) is 2.37. The van der Waals surface area contributed by atoms with E-state index < -0.39 is 10.0 Å². The fourth-order valence-electron chi connectivity index (χ4n) is 1.51. The summed E-state index contributed by atoms with van der Waals surface area (Å²) in [6, 6.07) is -0.0244. The van der Waals surface area contributed by atoms with Crippen LogP contribution in [0.1, 0.15) is 11.5 Å². The van der Waals surface area contributed by atoms with Crippen LogP contribution in [0.2, 0.25) is 0 Å². The summed E-state index contributed by atoms with van der Waals surface area (Å²) in [5.74, 6) is 0.326. The van der Waals surface area contributed by atoms with Gasteiger partial charge in [0, 0.05) is 19.1 Å². The summed E-state index contributed by atoms with van der Waals surface area (Å²) in [5, 5.41) is 6.62. The summed E-state index contributed by atoms with van der Waals surface area (Å²) in [6.07, 6.45) is 0. The second-order valence-electron chi connectivity index (χ2n) is 3.63. The normalized spacial score (nSPS) is 16.6. The molecule has 8 heteroatoms. The maximum atomic E-state index is 11.9. The highest BCUT2D eigenvalue weighted by Gasteiger charge is 2.29. The number of aryl methyl sites for hydroxylation is 2. The molecule has 0 radical (unpaired) electrons. The van der Waals surface area contributed by atoms with Crippen LogP contribution in [0.15, 0.2) is 9.42 Å². The van der Waals surface area contributed by atoms with Crippen molar-refractivity contribution in [3.8, 4) is 0 Å². The smallest absolute Gasteiger partial charge is 0.246 e. The van der Waals surface area contributed by atoms with Crippen LogP contribution in [0, 0.1) is 13.8 Å². The van der Waals surface area contributed by atoms with Gasteiger partial charge in [-0.05, 0) is 13.8 Å². The van der Waals surface area contributed by atoms with Gasteiger partial charge < -0.3 is 9.84 Å². The van der Waals surface area contributed by atoms with Crippen molar-refractivity contribution in [1.29, 1.82) is 0 Å². The van der Waals surface area contributed by atoms with Gasteiger partial charge in [-0.2, -0.15) is 0 Å². The highest BCUT2D eigenvalue weighted by Crippen LogP contribution is 2.19. The molecule has 6 nitrogen and oxygen atoms in total. The van der Waals surface area contributed by atoms with Crippen LogP contribution in [-0.2, 0) is 10.0 Å². The Kier molecular flexibility index (Phi) is 3.95. The first-order valence-electron chi connectivity index (χ1n) is 4.66. The van der Waals surface area contributed by atoms with Crippen molar-refractivity contribution >= 4 is 22.4 Å². The van der Waals surface area contributed by atoms with Crippen LogP contribution in [-0.4, -0.2) is 32.7 Å². The second-order valence-corrected chi connectivity index (χ2v) is 5.28. The molecule has 0 aliphatic carbocycles. The van der Waals surface area contributed by atoms with E-state index >= 15 is 0 Å². The lowest BCUT2D eigenvalue weighted by molar-refractivity contribution is 0.389. The van der Waals surface area contributed by atoms with Gasteiger partial charge in [0.25, 0.3) is 0 Å². The standard InChI is InChI=1S/C8H13N3O3S.ClH/c1-5-8(6(2)14-10-5)15(12,13)11-7-3-9-4-7;/h7,9,11H,3-4H2,1-2H3;1H. The zero-order valence-electron chi connectivity index (χ0n) is 8.98. The SMILES string of the molecule is Cc1noc(C)c1S(=O)(=O)NC1CNC1.Cl. The van der Waals surface area contributed by atoms with Gasteiger partial charge in [0.15, 0.2) is 5.76 Å². The van der Waals surface area contributed by atoms with Gasteiger partial charge >= 0.3 is 0 Å². The molecule has 92 valence electrons. The van der Waals surface area contributed by atoms with E-state index in [1.54, 1.807) is 13.8 Å². The van der Waals surface area contributed by atoms with Crippen LogP contribution in [0.25, 0.3) is 0 Å². The highest BCUT2D eigenvalue weighted by molar-refractivity contribution is 7.89. The molecule has 0 bridgehead atoms. The molecule has 0 atom stereocenters. The monoisotopic (exact) mass is 267 g/mol. The van der Waals surface area contributed by atoms with Gasteiger partial charge in [-0.25, -0.2) is 13.1 Å². The van der Waals surface area contributed by atoms with Gasteiger partial charge in [0.05, 0.1) is 0 Å². The van der Waals surface area contributed by atoms with Crippen molar-refractivity contribution in [1.82, 2.24) is 15.2 Å². The summed E-state index contributed by atoms with van der Waals surface area (Å²) in [7, 11) is -3.48. The van der Waals surface area contributed by atoms with Crippen molar-refractivity contribution in [2.24, 2.45) is 0 Å². The third-order valence-corrected chi connectivity index (χ3v) is 4.10. The fraction of sp³-hybridized carbons (Fsp3) is 0.625. The number of nitrogens with zero attached hydrogens (tertiary/aromatic N) is 1. The van der Waals surface area contributed by atoms with E-state index in [0.717, 1.165) is 0 Å². The van der Waals surface area contributed by atoms with E-state index in [1.807, 2.05) is 0 Å². The molecule has 16 heavy (non-hydrogen) atoms. The predicted molar refractivity (Wildman–Crippen MR) is 60.2 cm³/mol. The molecule has 2 rings (SSSR count). The summed E-state index contributed by atoms with van der Waals surface area (Å²) >= 11 is 0. The Bertz CT molecular complexity index is 447. The van der Waals surface area contributed by atoms with E-state index in [4.69, 9.17) is 4.52 Å². The Labute approximate surface area is 100 Å². The Hall–Kier alpha value is -0.630. The Morgan fingerprint density at radius 2 is 2.06 bits per heavy atom. The Balaban J connectivity index is 0.00000128. The molecule has 0 spiro atoms. The van der Waals surface area contributed by atoms with Gasteiger partial charge in [-0.3, -0.25) is 0 Å². The van der Waals surface area contributed by atoms with Crippen molar-refractivity contribution in [2.45, 2.75) is 24.8 Å². The van der Waals surface area contributed by atoms with Crippen LogP contribution < -0.4 is 10.0 Å². The van der Waals surface area contributed by atoms with Gasteiger partial charge in [0.2, 0.25) is 10.0 Å². The van der Waals surface area contributed by atoms with E-state index in [-0.39, 0.29) is 23.3 Å². The van der Waals surface area contributed by atoms with Gasteiger partial charge in [-0.1, -0.05) is 5.16 Å². The van der Waals surface area contributed by atoms with Crippen LogP contribution in [0.4, 0.5) is 0 Å². The lowest BCUT2D eigenvalue weighted by Crippen LogP contribution is -2.56. The Morgan fingerprint density at radius 1 is 1.44 bits per heavy atom. The molecule has 1 aromatic heterocycles. The molecule has 1 fully saturated rings. The number of hydrogen-bond acceptors (Lipinski definition) is 5.